The van der Waals surface area contributed by atoms with Crippen LogP contribution in [0.1, 0.15) is 0 Å². The summed E-state index contributed by atoms with van der Waals surface area (Å²) in [7, 11) is 0. The predicted octanol–water partition coefficient (Wildman–Crippen LogP) is 7.95. The molecule has 0 aliphatic rings. The van der Waals surface area contributed by atoms with Gasteiger partial charge in [-0.1, -0.05) is 6.07 Å². The molecular weight excluding hydrogens is 556 g/mol. The van der Waals surface area contributed by atoms with Gasteiger partial charge in [0.05, 0.1) is 38.6 Å². The van der Waals surface area contributed by atoms with E-state index in [4.69, 9.17) is 4.98 Å². The molecule has 10 aromatic rings. The molecule has 0 N–H and O–H groups in total. The fraction of sp³-hybridized carbons (Fsp3) is 0. The highest BCUT2D eigenvalue weighted by Crippen LogP contribution is 2.37. The van der Waals surface area contributed by atoms with Crippen LogP contribution < -0.4 is 0 Å². The quantitative estimate of drug-likeness (QED) is 0.213. The molecule has 0 amide bonds. The maximum Gasteiger partial charge on any atom is 0.0964 e. The summed E-state index contributed by atoms with van der Waals surface area (Å²) >= 11 is 0. The molecule has 10 rings (SSSR count). The van der Waals surface area contributed by atoms with Crippen molar-refractivity contribution in [1.82, 2.24) is 38.6 Å². The standard InChI is InChI=1S/C37H22N8/c1-3-23(43-32-8-13-38-19-27(32)28-20-39-14-9-33(28)43)17-24(4-1)45-31-7-6-25(18-26(31)37-36(45)5-2-12-42-37)44-34-10-15-40-21-29(34)30-22-41-16-11-35(30)44/h1-22H. The molecule has 0 aliphatic carbocycles. The van der Waals surface area contributed by atoms with E-state index in [1.807, 2.05) is 61.8 Å². The minimum atomic E-state index is 0.956. The van der Waals surface area contributed by atoms with Gasteiger partial charge >= 0.3 is 0 Å². The highest BCUT2D eigenvalue weighted by atomic mass is 15.0. The lowest BCUT2D eigenvalue weighted by atomic mass is 10.2. The molecule has 8 heteroatoms. The SMILES string of the molecule is c1cc(-n2c3ccncc3c3cnccc32)cc(-n2c3ccc(-n4c5ccncc5c5cnccc54)cc3c3ncccc32)c1. The minimum Gasteiger partial charge on any atom is -0.309 e. The highest BCUT2D eigenvalue weighted by molar-refractivity contribution is 6.11. The number of hydrogen-bond acceptors (Lipinski definition) is 5. The maximum absolute atomic E-state index is 4.89. The number of fused-ring (bicyclic) bond motifs is 9. The second kappa shape index (κ2) is 9.05. The largest absolute Gasteiger partial charge is 0.309 e. The number of benzene rings is 2. The first-order valence-corrected chi connectivity index (χ1v) is 14.7. The van der Waals surface area contributed by atoms with Crippen LogP contribution in [0, 0.1) is 0 Å². The van der Waals surface area contributed by atoms with Gasteiger partial charge in [0.25, 0.3) is 0 Å². The van der Waals surface area contributed by atoms with Crippen molar-refractivity contribution in [2.45, 2.75) is 0 Å². The smallest absolute Gasteiger partial charge is 0.0964 e. The molecule has 45 heavy (non-hydrogen) atoms. The third kappa shape index (κ3) is 3.33. The van der Waals surface area contributed by atoms with Crippen LogP contribution in [-0.2, 0) is 0 Å². The number of aromatic nitrogens is 8. The van der Waals surface area contributed by atoms with Gasteiger partial charge in [-0.05, 0) is 72.8 Å². The molecule has 210 valence electrons. The third-order valence-electron chi connectivity index (χ3n) is 8.84. The second-order valence-corrected chi connectivity index (χ2v) is 11.2. The Bertz CT molecular complexity index is 2680. The first-order chi connectivity index (χ1) is 22.3. The van der Waals surface area contributed by atoms with Crippen molar-refractivity contribution in [2.75, 3.05) is 0 Å². The van der Waals surface area contributed by atoms with Crippen molar-refractivity contribution in [2.24, 2.45) is 0 Å². The number of pyridine rings is 5. The lowest BCUT2D eigenvalue weighted by Gasteiger charge is -2.13. The lowest BCUT2D eigenvalue weighted by Crippen LogP contribution is -1.99. The third-order valence-corrected chi connectivity index (χ3v) is 8.84. The zero-order chi connectivity index (χ0) is 29.5. The summed E-state index contributed by atoms with van der Waals surface area (Å²) in [5, 5.41) is 5.40. The van der Waals surface area contributed by atoms with Crippen LogP contribution in [0.2, 0.25) is 0 Å². The van der Waals surface area contributed by atoms with Crippen LogP contribution in [0.4, 0.5) is 0 Å². The Morgan fingerprint density at radius 2 is 0.822 bits per heavy atom. The summed E-state index contributed by atoms with van der Waals surface area (Å²) in [6, 6.07) is 27.7. The second-order valence-electron chi connectivity index (χ2n) is 11.2. The van der Waals surface area contributed by atoms with Crippen molar-refractivity contribution in [1.29, 1.82) is 0 Å². The Morgan fingerprint density at radius 1 is 0.356 bits per heavy atom. The van der Waals surface area contributed by atoms with Crippen molar-refractivity contribution in [3.05, 3.63) is 135 Å². The molecule has 0 saturated heterocycles. The van der Waals surface area contributed by atoms with E-state index in [1.165, 1.54) is 0 Å². The summed E-state index contributed by atoms with van der Waals surface area (Å²) < 4.78 is 6.88. The lowest BCUT2D eigenvalue weighted by molar-refractivity contribution is 1.13. The maximum atomic E-state index is 4.89. The van der Waals surface area contributed by atoms with Gasteiger partial charge in [-0.3, -0.25) is 24.9 Å². The van der Waals surface area contributed by atoms with E-state index in [9.17, 15) is 0 Å². The average molecular weight is 579 g/mol. The minimum absolute atomic E-state index is 0.956. The van der Waals surface area contributed by atoms with E-state index >= 15 is 0 Å². The van der Waals surface area contributed by atoms with Gasteiger partial charge < -0.3 is 13.7 Å². The molecule has 0 fully saturated rings. The fourth-order valence-electron chi connectivity index (χ4n) is 6.99. The van der Waals surface area contributed by atoms with Crippen LogP contribution in [0.5, 0.6) is 0 Å². The Labute approximate surface area is 255 Å². The molecule has 0 radical (unpaired) electrons. The molecular formula is C37H22N8. The highest BCUT2D eigenvalue weighted by Gasteiger charge is 2.18. The number of nitrogens with zero attached hydrogens (tertiary/aromatic N) is 8. The van der Waals surface area contributed by atoms with Crippen LogP contribution in [0.3, 0.4) is 0 Å². The van der Waals surface area contributed by atoms with Gasteiger partial charge in [0.15, 0.2) is 0 Å². The Hall–Kier alpha value is -6.41. The predicted molar refractivity (Wildman–Crippen MR) is 178 cm³/mol. The Balaban J connectivity index is 1.22. The molecule has 0 atom stereocenters. The molecule has 0 saturated carbocycles. The first-order valence-electron chi connectivity index (χ1n) is 14.7. The van der Waals surface area contributed by atoms with Crippen molar-refractivity contribution in [3.8, 4) is 17.1 Å². The van der Waals surface area contributed by atoms with Crippen LogP contribution in [0.15, 0.2) is 135 Å². The summed E-state index contributed by atoms with van der Waals surface area (Å²) in [5.41, 5.74) is 10.6. The zero-order valence-electron chi connectivity index (χ0n) is 23.8. The van der Waals surface area contributed by atoms with E-state index in [1.54, 1.807) is 0 Å². The molecule has 8 nitrogen and oxygen atoms in total. The summed E-state index contributed by atoms with van der Waals surface area (Å²) in [6.07, 6.45) is 16.9. The van der Waals surface area contributed by atoms with Gasteiger partial charge in [0.1, 0.15) is 0 Å². The Kier molecular flexibility index (Phi) is 4.84. The zero-order valence-corrected chi connectivity index (χ0v) is 23.8. The normalized spacial score (nSPS) is 12.0. The molecule has 0 bridgehead atoms. The van der Waals surface area contributed by atoms with E-state index in [0.717, 1.165) is 82.6 Å². The van der Waals surface area contributed by atoms with Crippen molar-refractivity contribution >= 4 is 65.5 Å². The van der Waals surface area contributed by atoms with Crippen LogP contribution >= 0.6 is 0 Å². The first kappa shape index (κ1) is 24.1. The van der Waals surface area contributed by atoms with Crippen molar-refractivity contribution < 1.29 is 0 Å². The van der Waals surface area contributed by atoms with E-state index in [0.29, 0.717) is 0 Å². The van der Waals surface area contributed by atoms with Gasteiger partial charge in [0, 0.05) is 99.8 Å². The van der Waals surface area contributed by atoms with E-state index in [2.05, 4.69) is 106 Å². The van der Waals surface area contributed by atoms with Gasteiger partial charge in [-0.2, -0.15) is 0 Å². The average Bonchev–Trinajstić information content (AvgIpc) is 3.74. The van der Waals surface area contributed by atoms with E-state index in [-0.39, 0.29) is 0 Å². The molecule has 0 unspecified atom stereocenters. The molecule has 8 heterocycles. The fourth-order valence-corrected chi connectivity index (χ4v) is 6.99. The van der Waals surface area contributed by atoms with Gasteiger partial charge in [-0.25, -0.2) is 0 Å². The Morgan fingerprint density at radius 3 is 1.36 bits per heavy atom. The summed E-state index contributed by atoms with van der Waals surface area (Å²) in [5.74, 6) is 0. The summed E-state index contributed by atoms with van der Waals surface area (Å²) in [6.45, 7) is 0. The number of hydrogen-bond donors (Lipinski definition) is 0. The van der Waals surface area contributed by atoms with Gasteiger partial charge in [-0.15, -0.1) is 0 Å². The number of rotatable bonds is 3. The van der Waals surface area contributed by atoms with E-state index < -0.39 is 0 Å². The molecule has 0 spiro atoms. The topological polar surface area (TPSA) is 79.2 Å². The molecule has 2 aromatic carbocycles. The monoisotopic (exact) mass is 578 g/mol. The molecule has 0 aliphatic heterocycles. The van der Waals surface area contributed by atoms with Crippen LogP contribution in [0.25, 0.3) is 82.6 Å². The van der Waals surface area contributed by atoms with Crippen molar-refractivity contribution in [3.63, 3.8) is 0 Å². The molecule has 8 aromatic heterocycles. The van der Waals surface area contributed by atoms with Gasteiger partial charge in [0.2, 0.25) is 0 Å². The van der Waals surface area contributed by atoms with Crippen LogP contribution in [-0.4, -0.2) is 38.6 Å². The summed E-state index contributed by atoms with van der Waals surface area (Å²) in [4.78, 5) is 22.5.